The Balaban J connectivity index is 1.58. The molecule has 2 aromatic carbocycles. The standard InChI is InChI=1S/C18H15FN4O/c19-14-8-6-13(7-9-14)10-22-18(24)16-11-21-17(12-20-16)23-15-4-2-1-3-5-15/h1-9,11-12H,10H2,(H,21,23)(H,22,24). The van der Waals surface area contributed by atoms with E-state index in [-0.39, 0.29) is 17.4 Å². The molecule has 0 saturated heterocycles. The van der Waals surface area contributed by atoms with Crippen LogP contribution >= 0.6 is 0 Å². The first-order chi connectivity index (χ1) is 11.7. The van der Waals surface area contributed by atoms with Crippen LogP contribution in [0.25, 0.3) is 0 Å². The highest BCUT2D eigenvalue weighted by atomic mass is 19.1. The van der Waals surface area contributed by atoms with Gasteiger partial charge in [0, 0.05) is 12.2 Å². The monoisotopic (exact) mass is 322 g/mol. The average Bonchev–Trinajstić information content (AvgIpc) is 2.62. The molecule has 1 heterocycles. The molecule has 0 spiro atoms. The lowest BCUT2D eigenvalue weighted by atomic mass is 10.2. The minimum atomic E-state index is -0.335. The Morgan fingerprint density at radius 1 is 0.958 bits per heavy atom. The normalized spacial score (nSPS) is 10.2. The van der Waals surface area contributed by atoms with E-state index < -0.39 is 0 Å². The Hall–Kier alpha value is -3.28. The zero-order valence-corrected chi connectivity index (χ0v) is 12.7. The Morgan fingerprint density at radius 2 is 1.71 bits per heavy atom. The van der Waals surface area contributed by atoms with Crippen LogP contribution in [0.4, 0.5) is 15.9 Å². The van der Waals surface area contributed by atoms with Crippen LogP contribution in [0, 0.1) is 5.82 Å². The summed E-state index contributed by atoms with van der Waals surface area (Å²) in [6.45, 7) is 0.296. The number of rotatable bonds is 5. The lowest BCUT2D eigenvalue weighted by Gasteiger charge is -2.07. The summed E-state index contributed by atoms with van der Waals surface area (Å²) in [6, 6.07) is 15.5. The number of aromatic nitrogens is 2. The molecule has 5 nitrogen and oxygen atoms in total. The molecule has 0 aliphatic rings. The van der Waals surface area contributed by atoms with E-state index in [9.17, 15) is 9.18 Å². The smallest absolute Gasteiger partial charge is 0.271 e. The third-order valence-electron chi connectivity index (χ3n) is 3.30. The SMILES string of the molecule is O=C(NCc1ccc(F)cc1)c1cnc(Nc2ccccc2)cn1. The van der Waals surface area contributed by atoms with Crippen molar-refractivity contribution >= 4 is 17.4 Å². The van der Waals surface area contributed by atoms with Crippen LogP contribution in [0.3, 0.4) is 0 Å². The largest absolute Gasteiger partial charge is 0.347 e. The van der Waals surface area contributed by atoms with Gasteiger partial charge in [0.2, 0.25) is 0 Å². The molecule has 0 saturated carbocycles. The van der Waals surface area contributed by atoms with Gasteiger partial charge in [-0.1, -0.05) is 30.3 Å². The van der Waals surface area contributed by atoms with E-state index in [1.807, 2.05) is 30.3 Å². The quantitative estimate of drug-likeness (QED) is 0.756. The van der Waals surface area contributed by atoms with Crippen LogP contribution in [0.1, 0.15) is 16.1 Å². The summed E-state index contributed by atoms with van der Waals surface area (Å²) in [5, 5.41) is 5.81. The Bertz CT molecular complexity index is 805. The van der Waals surface area contributed by atoms with Crippen LogP contribution in [0.15, 0.2) is 67.0 Å². The van der Waals surface area contributed by atoms with Gasteiger partial charge in [0.1, 0.15) is 17.3 Å². The fourth-order valence-electron chi connectivity index (χ4n) is 2.05. The molecule has 0 atom stereocenters. The third kappa shape index (κ3) is 4.13. The second-order valence-corrected chi connectivity index (χ2v) is 5.09. The predicted octanol–water partition coefficient (Wildman–Crippen LogP) is 3.29. The van der Waals surface area contributed by atoms with Crippen LogP contribution in [-0.2, 0) is 6.54 Å². The molecule has 0 aliphatic carbocycles. The second-order valence-electron chi connectivity index (χ2n) is 5.09. The first-order valence-electron chi connectivity index (χ1n) is 7.37. The maximum atomic E-state index is 12.8. The Morgan fingerprint density at radius 3 is 2.38 bits per heavy atom. The first kappa shape index (κ1) is 15.6. The van der Waals surface area contributed by atoms with Crippen molar-refractivity contribution in [3.63, 3.8) is 0 Å². The van der Waals surface area contributed by atoms with E-state index in [1.54, 1.807) is 12.1 Å². The molecule has 120 valence electrons. The fourth-order valence-corrected chi connectivity index (χ4v) is 2.05. The molecule has 3 aromatic rings. The highest BCUT2D eigenvalue weighted by molar-refractivity contribution is 5.92. The fraction of sp³-hybridized carbons (Fsp3) is 0.0556. The zero-order valence-electron chi connectivity index (χ0n) is 12.7. The van der Waals surface area contributed by atoms with E-state index in [2.05, 4.69) is 20.6 Å². The van der Waals surface area contributed by atoms with Crippen molar-refractivity contribution in [3.8, 4) is 0 Å². The number of carbonyl (C=O) groups is 1. The number of carbonyl (C=O) groups excluding carboxylic acids is 1. The van der Waals surface area contributed by atoms with Gasteiger partial charge in [-0.15, -0.1) is 0 Å². The van der Waals surface area contributed by atoms with Gasteiger partial charge in [0.25, 0.3) is 5.91 Å². The molecule has 0 fully saturated rings. The highest BCUT2D eigenvalue weighted by Gasteiger charge is 2.08. The summed E-state index contributed by atoms with van der Waals surface area (Å²) < 4.78 is 12.8. The third-order valence-corrected chi connectivity index (χ3v) is 3.30. The maximum absolute atomic E-state index is 12.8. The van der Waals surface area contributed by atoms with Crippen molar-refractivity contribution in [2.24, 2.45) is 0 Å². The molecular weight excluding hydrogens is 307 g/mol. The minimum Gasteiger partial charge on any atom is -0.347 e. The number of amides is 1. The molecule has 0 radical (unpaired) electrons. The molecule has 2 N–H and O–H groups in total. The van der Waals surface area contributed by atoms with Crippen LogP contribution < -0.4 is 10.6 Å². The Labute approximate surface area is 138 Å². The first-order valence-corrected chi connectivity index (χ1v) is 7.37. The number of benzene rings is 2. The summed E-state index contributed by atoms with van der Waals surface area (Å²) in [4.78, 5) is 20.3. The van der Waals surface area contributed by atoms with Gasteiger partial charge >= 0.3 is 0 Å². The van der Waals surface area contributed by atoms with E-state index >= 15 is 0 Å². The molecular formula is C18H15FN4O. The number of hydrogen-bond donors (Lipinski definition) is 2. The predicted molar refractivity (Wildman–Crippen MR) is 89.3 cm³/mol. The number of para-hydroxylation sites is 1. The molecule has 3 rings (SSSR count). The highest BCUT2D eigenvalue weighted by Crippen LogP contribution is 2.12. The van der Waals surface area contributed by atoms with Crippen LogP contribution in [0.5, 0.6) is 0 Å². The van der Waals surface area contributed by atoms with Gasteiger partial charge in [-0.3, -0.25) is 4.79 Å². The summed E-state index contributed by atoms with van der Waals surface area (Å²) in [7, 11) is 0. The number of anilines is 2. The lowest BCUT2D eigenvalue weighted by molar-refractivity contribution is 0.0945. The lowest BCUT2D eigenvalue weighted by Crippen LogP contribution is -2.24. The molecule has 1 amide bonds. The van der Waals surface area contributed by atoms with Gasteiger partial charge in [-0.2, -0.15) is 0 Å². The number of hydrogen-bond acceptors (Lipinski definition) is 4. The van der Waals surface area contributed by atoms with Crippen LogP contribution in [0.2, 0.25) is 0 Å². The second kappa shape index (κ2) is 7.32. The maximum Gasteiger partial charge on any atom is 0.271 e. The van der Waals surface area contributed by atoms with E-state index in [0.29, 0.717) is 12.4 Å². The molecule has 6 heteroatoms. The van der Waals surface area contributed by atoms with E-state index in [1.165, 1.54) is 24.5 Å². The minimum absolute atomic E-state index is 0.218. The van der Waals surface area contributed by atoms with Gasteiger partial charge in [-0.25, -0.2) is 14.4 Å². The number of nitrogens with zero attached hydrogens (tertiary/aromatic N) is 2. The molecule has 24 heavy (non-hydrogen) atoms. The topological polar surface area (TPSA) is 66.9 Å². The van der Waals surface area contributed by atoms with Crippen molar-refractivity contribution in [1.29, 1.82) is 0 Å². The van der Waals surface area contributed by atoms with Crippen molar-refractivity contribution in [3.05, 3.63) is 84.1 Å². The summed E-state index contributed by atoms with van der Waals surface area (Å²) in [6.07, 6.45) is 2.91. The Kier molecular flexibility index (Phi) is 4.76. The molecule has 0 unspecified atom stereocenters. The zero-order chi connectivity index (χ0) is 16.8. The van der Waals surface area contributed by atoms with E-state index in [4.69, 9.17) is 0 Å². The summed E-state index contributed by atoms with van der Waals surface area (Å²) in [5.41, 5.74) is 1.91. The van der Waals surface area contributed by atoms with Crippen LogP contribution in [-0.4, -0.2) is 15.9 Å². The molecule has 1 aromatic heterocycles. The van der Waals surface area contributed by atoms with Crippen molar-refractivity contribution in [2.45, 2.75) is 6.54 Å². The van der Waals surface area contributed by atoms with Gasteiger partial charge in [0.15, 0.2) is 0 Å². The molecule has 0 bridgehead atoms. The molecule has 0 aliphatic heterocycles. The average molecular weight is 322 g/mol. The summed E-state index contributed by atoms with van der Waals surface area (Å²) in [5.74, 6) is -0.0909. The summed E-state index contributed by atoms with van der Waals surface area (Å²) >= 11 is 0. The van der Waals surface area contributed by atoms with Gasteiger partial charge in [-0.05, 0) is 29.8 Å². The van der Waals surface area contributed by atoms with Crippen molar-refractivity contribution < 1.29 is 9.18 Å². The van der Waals surface area contributed by atoms with Gasteiger partial charge in [0.05, 0.1) is 12.4 Å². The van der Waals surface area contributed by atoms with Gasteiger partial charge < -0.3 is 10.6 Å². The number of nitrogens with one attached hydrogen (secondary N) is 2. The number of halogens is 1. The van der Waals surface area contributed by atoms with Crippen molar-refractivity contribution in [1.82, 2.24) is 15.3 Å². The van der Waals surface area contributed by atoms with Crippen molar-refractivity contribution in [2.75, 3.05) is 5.32 Å². The van der Waals surface area contributed by atoms with E-state index in [0.717, 1.165) is 11.3 Å².